The molecule has 5 nitrogen and oxygen atoms in total. The van der Waals surface area contributed by atoms with Crippen molar-refractivity contribution in [1.29, 1.82) is 0 Å². The Labute approximate surface area is 85.8 Å². The molecule has 1 rings (SSSR count). The lowest BCUT2D eigenvalue weighted by Crippen LogP contribution is -2.23. The van der Waals surface area contributed by atoms with Crippen molar-refractivity contribution < 1.29 is 15.3 Å². The number of hydrogen-bond donors (Lipinski definition) is 4. The van der Waals surface area contributed by atoms with E-state index in [0.717, 1.165) is 0 Å². The molecule has 0 bridgehead atoms. The van der Waals surface area contributed by atoms with Crippen molar-refractivity contribution in [2.45, 2.75) is 12.2 Å². The molecule has 1 heterocycles. The van der Waals surface area contributed by atoms with Gasteiger partial charge in [-0.05, 0) is 6.07 Å². The van der Waals surface area contributed by atoms with E-state index >= 15 is 0 Å². The lowest BCUT2D eigenvalue weighted by atomic mass is 10.1. The van der Waals surface area contributed by atoms with Crippen molar-refractivity contribution in [3.05, 3.63) is 23.0 Å². The largest absolute Gasteiger partial charge is 0.398 e. The molecular weight excluding hydrogens is 208 g/mol. The standard InChI is InChI=1S/C8H11ClN2O3/c9-8-6(4(10)1-2-11-8)7(14)5(13)3-12/h1-2,5,7,12-14H,3H2,(H2,10,11). The van der Waals surface area contributed by atoms with Gasteiger partial charge in [-0.2, -0.15) is 0 Å². The smallest absolute Gasteiger partial charge is 0.136 e. The van der Waals surface area contributed by atoms with Gasteiger partial charge in [0.05, 0.1) is 6.61 Å². The van der Waals surface area contributed by atoms with Crippen LogP contribution in [-0.4, -0.2) is 33.0 Å². The first-order valence-electron chi connectivity index (χ1n) is 3.94. The number of halogens is 1. The van der Waals surface area contributed by atoms with Gasteiger partial charge in [0.25, 0.3) is 0 Å². The Kier molecular flexibility index (Phi) is 3.65. The predicted octanol–water partition coefficient (Wildman–Crippen LogP) is -0.296. The topological polar surface area (TPSA) is 99.6 Å². The number of nitrogens with zero attached hydrogens (tertiary/aromatic N) is 1. The fraction of sp³-hybridized carbons (Fsp3) is 0.375. The minimum atomic E-state index is -1.33. The molecule has 78 valence electrons. The number of hydrogen-bond acceptors (Lipinski definition) is 5. The summed E-state index contributed by atoms with van der Waals surface area (Å²) in [5.41, 5.74) is 5.90. The maximum Gasteiger partial charge on any atom is 0.136 e. The highest BCUT2D eigenvalue weighted by atomic mass is 35.5. The molecule has 0 aromatic carbocycles. The summed E-state index contributed by atoms with van der Waals surface area (Å²) in [5, 5.41) is 27.4. The second kappa shape index (κ2) is 4.56. The van der Waals surface area contributed by atoms with Crippen LogP contribution in [0.2, 0.25) is 5.15 Å². The molecule has 0 fully saturated rings. The van der Waals surface area contributed by atoms with Crippen molar-refractivity contribution in [3.63, 3.8) is 0 Å². The van der Waals surface area contributed by atoms with E-state index in [-0.39, 0.29) is 16.4 Å². The van der Waals surface area contributed by atoms with Crippen molar-refractivity contribution in [1.82, 2.24) is 4.98 Å². The second-order valence-electron chi connectivity index (χ2n) is 2.80. The molecule has 2 unspecified atom stereocenters. The number of nitrogens with two attached hydrogens (primary N) is 1. The van der Waals surface area contributed by atoms with E-state index in [0.29, 0.717) is 0 Å². The molecule has 0 saturated heterocycles. The van der Waals surface area contributed by atoms with Crippen LogP contribution >= 0.6 is 11.6 Å². The van der Waals surface area contributed by atoms with Gasteiger partial charge < -0.3 is 21.1 Å². The van der Waals surface area contributed by atoms with Gasteiger partial charge >= 0.3 is 0 Å². The maximum atomic E-state index is 9.54. The lowest BCUT2D eigenvalue weighted by Gasteiger charge is -2.18. The van der Waals surface area contributed by atoms with Crippen LogP contribution in [0.15, 0.2) is 12.3 Å². The van der Waals surface area contributed by atoms with E-state index in [2.05, 4.69) is 4.98 Å². The molecule has 14 heavy (non-hydrogen) atoms. The molecule has 0 aliphatic rings. The molecule has 1 aromatic heterocycles. The Morgan fingerprint density at radius 1 is 1.50 bits per heavy atom. The average molecular weight is 219 g/mol. The normalized spacial score (nSPS) is 15.1. The van der Waals surface area contributed by atoms with E-state index in [1.165, 1.54) is 12.3 Å². The summed E-state index contributed by atoms with van der Waals surface area (Å²) >= 11 is 5.68. The Balaban J connectivity index is 3.05. The second-order valence-corrected chi connectivity index (χ2v) is 3.16. The quantitative estimate of drug-likeness (QED) is 0.523. The van der Waals surface area contributed by atoms with Gasteiger partial charge in [-0.3, -0.25) is 0 Å². The summed E-state index contributed by atoms with van der Waals surface area (Å²) in [4.78, 5) is 3.71. The van der Waals surface area contributed by atoms with Crippen molar-refractivity contribution in [2.24, 2.45) is 0 Å². The van der Waals surface area contributed by atoms with Gasteiger partial charge in [0.1, 0.15) is 17.4 Å². The third-order valence-electron chi connectivity index (χ3n) is 1.82. The Morgan fingerprint density at radius 2 is 2.14 bits per heavy atom. The fourth-order valence-electron chi connectivity index (χ4n) is 1.05. The summed E-state index contributed by atoms with van der Waals surface area (Å²) in [7, 11) is 0. The predicted molar refractivity (Wildman–Crippen MR) is 51.7 cm³/mol. The monoisotopic (exact) mass is 218 g/mol. The third-order valence-corrected chi connectivity index (χ3v) is 2.12. The molecule has 1 aromatic rings. The zero-order valence-electron chi connectivity index (χ0n) is 7.26. The minimum absolute atomic E-state index is 0.0185. The molecule has 0 radical (unpaired) electrons. The fourth-order valence-corrected chi connectivity index (χ4v) is 1.32. The SMILES string of the molecule is Nc1ccnc(Cl)c1C(O)C(O)CO. The van der Waals surface area contributed by atoms with Gasteiger partial charge in [-0.15, -0.1) is 0 Å². The molecule has 0 amide bonds. The zero-order chi connectivity index (χ0) is 10.7. The summed E-state index contributed by atoms with van der Waals surface area (Å²) < 4.78 is 0. The summed E-state index contributed by atoms with van der Waals surface area (Å²) in [6, 6.07) is 1.45. The van der Waals surface area contributed by atoms with Gasteiger partial charge in [0, 0.05) is 17.4 Å². The Bertz CT molecular complexity index is 301. The van der Waals surface area contributed by atoms with Crippen molar-refractivity contribution in [2.75, 3.05) is 12.3 Å². The van der Waals surface area contributed by atoms with Crippen molar-refractivity contribution in [3.8, 4) is 0 Å². The summed E-state index contributed by atoms with van der Waals surface area (Å²) in [6.45, 7) is -0.578. The van der Waals surface area contributed by atoms with Crippen LogP contribution in [0.1, 0.15) is 11.7 Å². The van der Waals surface area contributed by atoms with Gasteiger partial charge in [0.2, 0.25) is 0 Å². The van der Waals surface area contributed by atoms with Crippen LogP contribution in [0.5, 0.6) is 0 Å². The van der Waals surface area contributed by atoms with E-state index in [1.54, 1.807) is 0 Å². The van der Waals surface area contributed by atoms with Crippen LogP contribution in [-0.2, 0) is 0 Å². The minimum Gasteiger partial charge on any atom is -0.398 e. The molecule has 0 aliphatic carbocycles. The Morgan fingerprint density at radius 3 is 2.64 bits per heavy atom. The van der Waals surface area contributed by atoms with E-state index in [1.807, 2.05) is 0 Å². The van der Waals surface area contributed by atoms with E-state index in [4.69, 9.17) is 22.4 Å². The first-order chi connectivity index (χ1) is 6.57. The zero-order valence-corrected chi connectivity index (χ0v) is 8.02. The van der Waals surface area contributed by atoms with Crippen molar-refractivity contribution >= 4 is 17.3 Å². The first kappa shape index (κ1) is 11.2. The van der Waals surface area contributed by atoms with E-state index in [9.17, 15) is 10.2 Å². The van der Waals surface area contributed by atoms with Crippen LogP contribution in [0.4, 0.5) is 5.69 Å². The first-order valence-corrected chi connectivity index (χ1v) is 4.32. The number of pyridine rings is 1. The third kappa shape index (κ3) is 2.13. The molecule has 0 spiro atoms. The maximum absolute atomic E-state index is 9.54. The number of rotatable bonds is 3. The number of aliphatic hydroxyl groups excluding tert-OH is 3. The number of anilines is 1. The molecule has 2 atom stereocenters. The molecule has 5 N–H and O–H groups in total. The molecular formula is C8H11ClN2O3. The highest BCUT2D eigenvalue weighted by Crippen LogP contribution is 2.28. The summed E-state index contributed by atoms with van der Waals surface area (Å²) in [5.74, 6) is 0. The molecule has 0 aliphatic heterocycles. The number of aliphatic hydroxyl groups is 3. The highest BCUT2D eigenvalue weighted by molar-refractivity contribution is 6.30. The van der Waals surface area contributed by atoms with Crippen LogP contribution < -0.4 is 5.73 Å². The number of nitrogen functional groups attached to an aromatic ring is 1. The van der Waals surface area contributed by atoms with Crippen LogP contribution in [0.25, 0.3) is 0 Å². The van der Waals surface area contributed by atoms with Gasteiger partial charge in [0.15, 0.2) is 0 Å². The Hall–Kier alpha value is -0.880. The molecule has 0 saturated carbocycles. The van der Waals surface area contributed by atoms with Crippen LogP contribution in [0.3, 0.4) is 0 Å². The molecule has 6 heteroatoms. The summed E-state index contributed by atoms with van der Waals surface area (Å²) in [6.07, 6.45) is -1.26. The average Bonchev–Trinajstić information content (AvgIpc) is 2.16. The van der Waals surface area contributed by atoms with Gasteiger partial charge in [-0.1, -0.05) is 11.6 Å². The van der Waals surface area contributed by atoms with E-state index < -0.39 is 18.8 Å². The van der Waals surface area contributed by atoms with Gasteiger partial charge in [-0.25, -0.2) is 4.98 Å². The highest BCUT2D eigenvalue weighted by Gasteiger charge is 2.22. The van der Waals surface area contributed by atoms with Crippen LogP contribution in [0, 0.1) is 0 Å². The number of aromatic nitrogens is 1. The lowest BCUT2D eigenvalue weighted by molar-refractivity contribution is -0.0150.